The summed E-state index contributed by atoms with van der Waals surface area (Å²) >= 11 is 0. The molecule has 0 radical (unpaired) electrons. The van der Waals surface area contributed by atoms with Crippen LogP contribution in [0.4, 0.5) is 0 Å². The summed E-state index contributed by atoms with van der Waals surface area (Å²) < 4.78 is 5.42. The van der Waals surface area contributed by atoms with Gasteiger partial charge in [0.25, 0.3) is 0 Å². The molecule has 1 aromatic heterocycles. The van der Waals surface area contributed by atoms with E-state index in [1.807, 2.05) is 13.1 Å². The molecule has 92 valence electrons. The summed E-state index contributed by atoms with van der Waals surface area (Å²) in [4.78, 5) is 4.50. The second kappa shape index (κ2) is 5.32. The van der Waals surface area contributed by atoms with E-state index in [1.165, 1.54) is 5.57 Å². The van der Waals surface area contributed by atoms with Crippen LogP contribution in [0.1, 0.15) is 29.7 Å². The van der Waals surface area contributed by atoms with Gasteiger partial charge in [0.15, 0.2) is 0 Å². The summed E-state index contributed by atoms with van der Waals surface area (Å²) in [5.74, 6) is 0.959. The lowest BCUT2D eigenvalue weighted by Crippen LogP contribution is -2.23. The zero-order valence-corrected chi connectivity index (χ0v) is 10.8. The van der Waals surface area contributed by atoms with Crippen LogP contribution in [0, 0.1) is 13.8 Å². The van der Waals surface area contributed by atoms with Crippen molar-refractivity contribution in [3.05, 3.63) is 28.6 Å². The average molecular weight is 232 g/mol. The maximum Gasteiger partial charge on any atom is 0.128 e. The van der Waals surface area contributed by atoms with E-state index in [1.54, 1.807) is 7.11 Å². The summed E-state index contributed by atoms with van der Waals surface area (Å²) in [5, 5.41) is 3.36. The second-order valence-corrected chi connectivity index (χ2v) is 4.54. The zero-order valence-electron chi connectivity index (χ0n) is 10.8. The molecular formula is C14H20N2O. The predicted molar refractivity (Wildman–Crippen MR) is 70.3 cm³/mol. The molecule has 1 saturated heterocycles. The monoisotopic (exact) mass is 232 g/mol. The Kier molecular flexibility index (Phi) is 3.79. The minimum absolute atomic E-state index is 0.959. The number of hydrogen-bond acceptors (Lipinski definition) is 3. The van der Waals surface area contributed by atoms with Crippen LogP contribution in [0.5, 0.6) is 5.75 Å². The number of nitrogens with zero attached hydrogens (tertiary/aromatic N) is 1. The van der Waals surface area contributed by atoms with Crippen molar-refractivity contribution >= 4 is 6.08 Å². The molecule has 0 saturated carbocycles. The SMILES string of the molecule is COc1c(C)cnc(C=C2CCNCC2)c1C. The number of ether oxygens (including phenoxy) is 1. The largest absolute Gasteiger partial charge is 0.496 e. The molecule has 2 heterocycles. The molecular weight excluding hydrogens is 212 g/mol. The van der Waals surface area contributed by atoms with Gasteiger partial charge < -0.3 is 10.1 Å². The van der Waals surface area contributed by atoms with Gasteiger partial charge in [-0.2, -0.15) is 0 Å². The van der Waals surface area contributed by atoms with Crippen molar-refractivity contribution in [3.63, 3.8) is 0 Å². The summed E-state index contributed by atoms with van der Waals surface area (Å²) in [7, 11) is 1.72. The Morgan fingerprint density at radius 1 is 1.29 bits per heavy atom. The highest BCUT2D eigenvalue weighted by Gasteiger charge is 2.10. The van der Waals surface area contributed by atoms with Gasteiger partial charge in [0.05, 0.1) is 12.8 Å². The molecule has 0 amide bonds. The van der Waals surface area contributed by atoms with Gasteiger partial charge in [-0.3, -0.25) is 4.98 Å². The molecule has 1 aromatic rings. The molecule has 0 aliphatic carbocycles. The van der Waals surface area contributed by atoms with Crippen molar-refractivity contribution in [1.29, 1.82) is 0 Å². The molecule has 0 bridgehead atoms. The van der Waals surface area contributed by atoms with Gasteiger partial charge in [0.2, 0.25) is 0 Å². The smallest absolute Gasteiger partial charge is 0.128 e. The zero-order chi connectivity index (χ0) is 12.3. The van der Waals surface area contributed by atoms with Gasteiger partial charge in [-0.1, -0.05) is 5.57 Å². The van der Waals surface area contributed by atoms with Gasteiger partial charge >= 0.3 is 0 Å². The molecule has 3 heteroatoms. The van der Waals surface area contributed by atoms with E-state index >= 15 is 0 Å². The van der Waals surface area contributed by atoms with Crippen LogP contribution < -0.4 is 10.1 Å². The molecule has 1 fully saturated rings. The van der Waals surface area contributed by atoms with E-state index in [-0.39, 0.29) is 0 Å². The lowest BCUT2D eigenvalue weighted by Gasteiger charge is -2.16. The van der Waals surface area contributed by atoms with E-state index in [0.29, 0.717) is 0 Å². The molecule has 3 nitrogen and oxygen atoms in total. The van der Waals surface area contributed by atoms with E-state index in [0.717, 1.165) is 48.5 Å². The molecule has 1 aliphatic rings. The Morgan fingerprint density at radius 2 is 2.00 bits per heavy atom. The van der Waals surface area contributed by atoms with Crippen LogP contribution in [0.25, 0.3) is 6.08 Å². The van der Waals surface area contributed by atoms with Crippen molar-refractivity contribution in [3.8, 4) is 5.75 Å². The Hall–Kier alpha value is -1.35. The normalized spacial score (nSPS) is 15.8. The summed E-state index contributed by atoms with van der Waals surface area (Å²) in [6.45, 7) is 6.26. The van der Waals surface area contributed by atoms with Gasteiger partial charge in [-0.05, 0) is 45.9 Å². The van der Waals surface area contributed by atoms with Gasteiger partial charge in [-0.15, -0.1) is 0 Å². The number of nitrogens with one attached hydrogen (secondary N) is 1. The van der Waals surface area contributed by atoms with Crippen molar-refractivity contribution in [2.45, 2.75) is 26.7 Å². The Morgan fingerprint density at radius 3 is 2.65 bits per heavy atom. The molecule has 1 N–H and O–H groups in total. The third kappa shape index (κ3) is 2.67. The van der Waals surface area contributed by atoms with Gasteiger partial charge in [-0.25, -0.2) is 0 Å². The number of aromatic nitrogens is 1. The topological polar surface area (TPSA) is 34.1 Å². The molecule has 1 aliphatic heterocycles. The summed E-state index contributed by atoms with van der Waals surface area (Å²) in [6.07, 6.45) is 6.35. The van der Waals surface area contributed by atoms with Crippen LogP contribution in [0.2, 0.25) is 0 Å². The highest BCUT2D eigenvalue weighted by molar-refractivity contribution is 5.57. The molecule has 0 unspecified atom stereocenters. The average Bonchev–Trinajstić information content (AvgIpc) is 2.35. The fourth-order valence-electron chi connectivity index (χ4n) is 2.28. The van der Waals surface area contributed by atoms with Gasteiger partial charge in [0.1, 0.15) is 5.75 Å². The van der Waals surface area contributed by atoms with Crippen LogP contribution in [-0.2, 0) is 0 Å². The van der Waals surface area contributed by atoms with Crippen LogP contribution in [-0.4, -0.2) is 25.2 Å². The first kappa shape index (κ1) is 12.1. The van der Waals surface area contributed by atoms with E-state index in [2.05, 4.69) is 23.3 Å². The van der Waals surface area contributed by atoms with Crippen molar-refractivity contribution < 1.29 is 4.74 Å². The molecule has 17 heavy (non-hydrogen) atoms. The molecule has 0 atom stereocenters. The lowest BCUT2D eigenvalue weighted by atomic mass is 10.0. The van der Waals surface area contributed by atoms with Crippen molar-refractivity contribution in [2.75, 3.05) is 20.2 Å². The third-order valence-electron chi connectivity index (χ3n) is 3.27. The number of pyridine rings is 1. The molecule has 0 spiro atoms. The quantitative estimate of drug-likeness (QED) is 0.850. The molecule has 2 rings (SSSR count). The summed E-state index contributed by atoms with van der Waals surface area (Å²) in [5.41, 5.74) is 4.76. The first-order valence-corrected chi connectivity index (χ1v) is 6.12. The molecule has 0 aromatic carbocycles. The fourth-order valence-corrected chi connectivity index (χ4v) is 2.28. The highest BCUT2D eigenvalue weighted by atomic mass is 16.5. The number of hydrogen-bond donors (Lipinski definition) is 1. The van der Waals surface area contributed by atoms with E-state index < -0.39 is 0 Å². The summed E-state index contributed by atoms with van der Waals surface area (Å²) in [6, 6.07) is 0. The number of aryl methyl sites for hydroxylation is 1. The van der Waals surface area contributed by atoms with Crippen LogP contribution >= 0.6 is 0 Å². The highest BCUT2D eigenvalue weighted by Crippen LogP contribution is 2.26. The number of rotatable bonds is 2. The standard InChI is InChI=1S/C14H20N2O/c1-10-9-16-13(11(2)14(10)17-3)8-12-4-6-15-7-5-12/h8-9,15H,4-7H2,1-3H3. The lowest BCUT2D eigenvalue weighted by molar-refractivity contribution is 0.407. The first-order chi connectivity index (χ1) is 8.22. The van der Waals surface area contributed by atoms with Crippen LogP contribution in [0.15, 0.2) is 11.8 Å². The Labute approximate surface area is 103 Å². The second-order valence-electron chi connectivity index (χ2n) is 4.54. The number of piperidine rings is 1. The number of methoxy groups -OCH3 is 1. The maximum absolute atomic E-state index is 5.42. The minimum atomic E-state index is 0.959. The van der Waals surface area contributed by atoms with E-state index in [4.69, 9.17) is 4.74 Å². The minimum Gasteiger partial charge on any atom is -0.496 e. The van der Waals surface area contributed by atoms with E-state index in [9.17, 15) is 0 Å². The van der Waals surface area contributed by atoms with Crippen molar-refractivity contribution in [1.82, 2.24) is 10.3 Å². The Balaban J connectivity index is 2.32. The maximum atomic E-state index is 5.42. The predicted octanol–water partition coefficient (Wildman–Crippen LogP) is 2.47. The Bertz CT molecular complexity index is 430. The first-order valence-electron chi connectivity index (χ1n) is 6.12. The third-order valence-corrected chi connectivity index (χ3v) is 3.27. The van der Waals surface area contributed by atoms with Crippen molar-refractivity contribution in [2.24, 2.45) is 0 Å². The van der Waals surface area contributed by atoms with Crippen LogP contribution in [0.3, 0.4) is 0 Å². The van der Waals surface area contributed by atoms with Gasteiger partial charge in [0, 0.05) is 17.3 Å². The fraction of sp³-hybridized carbons (Fsp3) is 0.500.